The van der Waals surface area contributed by atoms with Crippen LogP contribution in [0.5, 0.6) is 11.5 Å². The zero-order chi connectivity index (χ0) is 19.6. The molecule has 0 aromatic heterocycles. The highest BCUT2D eigenvalue weighted by atomic mass is 16.5. The van der Waals surface area contributed by atoms with Gasteiger partial charge in [-0.1, -0.05) is 18.9 Å². The van der Waals surface area contributed by atoms with Crippen LogP contribution in [0.4, 0.5) is 0 Å². The normalized spacial score (nSPS) is 23.0. The van der Waals surface area contributed by atoms with Gasteiger partial charge in [0, 0.05) is 0 Å². The lowest BCUT2D eigenvalue weighted by atomic mass is 9.81. The highest BCUT2D eigenvalue weighted by Gasteiger charge is 2.51. The number of hydrogen-bond donors (Lipinski definition) is 0. The molecule has 3 unspecified atom stereocenters. The number of ether oxygens (including phenoxy) is 3. The van der Waals surface area contributed by atoms with E-state index in [0.717, 1.165) is 25.7 Å². The summed E-state index contributed by atoms with van der Waals surface area (Å²) < 4.78 is 15.4. The van der Waals surface area contributed by atoms with Gasteiger partial charge in [-0.25, -0.2) is 0 Å². The van der Waals surface area contributed by atoms with Gasteiger partial charge >= 0.3 is 5.97 Å². The molecule has 1 aromatic rings. The van der Waals surface area contributed by atoms with E-state index < -0.39 is 12.0 Å². The smallest absolute Gasteiger partial charge is 0.307 e. The molecule has 1 saturated carbocycles. The van der Waals surface area contributed by atoms with E-state index in [2.05, 4.69) is 0 Å². The van der Waals surface area contributed by atoms with E-state index in [1.165, 1.54) is 26.2 Å². The molecule has 7 heteroatoms. The van der Waals surface area contributed by atoms with Crippen molar-refractivity contribution < 1.29 is 28.6 Å². The Morgan fingerprint density at radius 3 is 2.15 bits per heavy atom. The van der Waals surface area contributed by atoms with Gasteiger partial charge < -0.3 is 14.2 Å². The SMILES string of the molecule is COC(=O)CC(c1ccc(OC)c(OC)c1)N1C(=O)C2CCCCC2C1=O. The summed E-state index contributed by atoms with van der Waals surface area (Å²) in [5.41, 5.74) is 0.637. The van der Waals surface area contributed by atoms with Crippen LogP contribution in [0.15, 0.2) is 18.2 Å². The Labute approximate surface area is 158 Å². The third kappa shape index (κ3) is 3.50. The molecule has 0 spiro atoms. The highest BCUT2D eigenvalue weighted by Crippen LogP contribution is 2.43. The minimum absolute atomic E-state index is 0.0943. The van der Waals surface area contributed by atoms with Crippen molar-refractivity contribution in [2.75, 3.05) is 21.3 Å². The van der Waals surface area contributed by atoms with E-state index in [0.29, 0.717) is 17.1 Å². The lowest BCUT2D eigenvalue weighted by Gasteiger charge is -2.27. The molecule has 0 N–H and O–H groups in total. The number of likely N-dealkylation sites (tertiary alicyclic amines) is 1. The Morgan fingerprint density at radius 1 is 1.04 bits per heavy atom. The minimum atomic E-state index is -0.720. The molecule has 3 rings (SSSR count). The van der Waals surface area contributed by atoms with E-state index in [1.807, 2.05) is 0 Å². The molecule has 146 valence electrons. The molecular formula is C20H25NO6. The number of benzene rings is 1. The first-order valence-electron chi connectivity index (χ1n) is 9.17. The predicted molar refractivity (Wildman–Crippen MR) is 96.2 cm³/mol. The summed E-state index contributed by atoms with van der Waals surface area (Å²) in [6.45, 7) is 0. The molecule has 7 nitrogen and oxygen atoms in total. The molecule has 3 atom stereocenters. The highest BCUT2D eigenvalue weighted by molar-refractivity contribution is 6.05. The number of carbonyl (C=O) groups excluding carboxylic acids is 3. The van der Waals surface area contributed by atoms with Crippen molar-refractivity contribution in [3.8, 4) is 11.5 Å². The molecule has 0 bridgehead atoms. The van der Waals surface area contributed by atoms with Crippen molar-refractivity contribution in [3.05, 3.63) is 23.8 Å². The van der Waals surface area contributed by atoms with Crippen molar-refractivity contribution in [1.82, 2.24) is 4.90 Å². The van der Waals surface area contributed by atoms with Crippen LogP contribution in [0, 0.1) is 11.8 Å². The van der Waals surface area contributed by atoms with Gasteiger partial charge in [0.2, 0.25) is 11.8 Å². The van der Waals surface area contributed by atoms with Gasteiger partial charge in [0.1, 0.15) is 0 Å². The first kappa shape index (κ1) is 19.2. The lowest BCUT2D eigenvalue weighted by Crippen LogP contribution is -2.36. The standard InChI is InChI=1S/C20H25NO6/c1-25-16-9-8-12(10-17(16)26-2)15(11-18(22)27-3)21-19(23)13-6-4-5-7-14(13)20(21)24/h8-10,13-15H,4-7,11H2,1-3H3. The molecule has 2 fully saturated rings. The van der Waals surface area contributed by atoms with Gasteiger partial charge in [0.25, 0.3) is 0 Å². The average molecular weight is 375 g/mol. The van der Waals surface area contributed by atoms with Crippen LogP contribution in [0.3, 0.4) is 0 Å². The van der Waals surface area contributed by atoms with Crippen molar-refractivity contribution in [2.45, 2.75) is 38.1 Å². The zero-order valence-corrected chi connectivity index (χ0v) is 15.9. The molecule has 1 heterocycles. The van der Waals surface area contributed by atoms with Crippen LogP contribution in [0.1, 0.15) is 43.7 Å². The topological polar surface area (TPSA) is 82.1 Å². The van der Waals surface area contributed by atoms with Crippen LogP contribution in [-0.2, 0) is 19.1 Å². The van der Waals surface area contributed by atoms with Crippen LogP contribution < -0.4 is 9.47 Å². The summed E-state index contributed by atoms with van der Waals surface area (Å²) in [5, 5.41) is 0. The maximum absolute atomic E-state index is 13.0. The number of esters is 1. The predicted octanol–water partition coefficient (Wildman–Crippen LogP) is 2.48. The molecule has 0 radical (unpaired) electrons. The van der Waals surface area contributed by atoms with E-state index in [4.69, 9.17) is 14.2 Å². The minimum Gasteiger partial charge on any atom is -0.493 e. The second-order valence-electron chi connectivity index (χ2n) is 6.95. The van der Waals surface area contributed by atoms with Crippen molar-refractivity contribution in [1.29, 1.82) is 0 Å². The molecule has 1 aliphatic carbocycles. The number of amides is 2. The molecule has 1 aliphatic heterocycles. The Hall–Kier alpha value is -2.57. The fourth-order valence-electron chi connectivity index (χ4n) is 4.15. The number of rotatable bonds is 6. The summed E-state index contributed by atoms with van der Waals surface area (Å²) in [6.07, 6.45) is 3.26. The molecule has 1 saturated heterocycles. The average Bonchev–Trinajstić information content (AvgIpc) is 2.96. The summed E-state index contributed by atoms with van der Waals surface area (Å²) in [6, 6.07) is 4.44. The largest absolute Gasteiger partial charge is 0.493 e. The molecular weight excluding hydrogens is 350 g/mol. The van der Waals surface area contributed by atoms with E-state index in [1.54, 1.807) is 18.2 Å². The maximum Gasteiger partial charge on any atom is 0.307 e. The number of hydrogen-bond acceptors (Lipinski definition) is 6. The zero-order valence-electron chi connectivity index (χ0n) is 15.9. The molecule has 2 aliphatic rings. The first-order chi connectivity index (χ1) is 13.0. The van der Waals surface area contributed by atoms with Gasteiger partial charge in [-0.15, -0.1) is 0 Å². The molecule has 2 amide bonds. The second-order valence-corrected chi connectivity index (χ2v) is 6.95. The third-order valence-electron chi connectivity index (χ3n) is 5.57. The summed E-state index contributed by atoms with van der Waals surface area (Å²) >= 11 is 0. The fourth-order valence-corrected chi connectivity index (χ4v) is 4.15. The summed E-state index contributed by atoms with van der Waals surface area (Å²) in [5.74, 6) is -0.391. The number of imide groups is 1. The van der Waals surface area contributed by atoms with Crippen molar-refractivity contribution in [2.24, 2.45) is 11.8 Å². The monoisotopic (exact) mass is 375 g/mol. The summed E-state index contributed by atoms with van der Waals surface area (Å²) in [7, 11) is 4.33. The van der Waals surface area contributed by atoms with Crippen molar-refractivity contribution >= 4 is 17.8 Å². The second kappa shape index (κ2) is 7.98. The molecule has 27 heavy (non-hydrogen) atoms. The quantitative estimate of drug-likeness (QED) is 0.561. The first-order valence-corrected chi connectivity index (χ1v) is 9.17. The maximum atomic E-state index is 13.0. The van der Waals surface area contributed by atoms with Crippen LogP contribution in [-0.4, -0.2) is 44.0 Å². The van der Waals surface area contributed by atoms with Crippen molar-refractivity contribution in [3.63, 3.8) is 0 Å². The molecule has 1 aromatic carbocycles. The third-order valence-corrected chi connectivity index (χ3v) is 5.57. The van der Waals surface area contributed by atoms with Crippen LogP contribution in [0.25, 0.3) is 0 Å². The van der Waals surface area contributed by atoms with Gasteiger partial charge in [0.05, 0.1) is 45.6 Å². The Balaban J connectivity index is 2.00. The fraction of sp³-hybridized carbons (Fsp3) is 0.550. The van der Waals surface area contributed by atoms with E-state index in [-0.39, 0.29) is 30.1 Å². The van der Waals surface area contributed by atoms with Gasteiger partial charge in [-0.3, -0.25) is 19.3 Å². The van der Waals surface area contributed by atoms with Gasteiger partial charge in [-0.05, 0) is 30.5 Å². The lowest BCUT2D eigenvalue weighted by molar-refractivity contribution is -0.147. The number of fused-ring (bicyclic) bond motifs is 1. The Bertz CT molecular complexity index is 722. The van der Waals surface area contributed by atoms with Gasteiger partial charge in [0.15, 0.2) is 11.5 Å². The number of carbonyl (C=O) groups is 3. The van der Waals surface area contributed by atoms with Crippen LogP contribution >= 0.6 is 0 Å². The van der Waals surface area contributed by atoms with E-state index >= 15 is 0 Å². The van der Waals surface area contributed by atoms with E-state index in [9.17, 15) is 14.4 Å². The summed E-state index contributed by atoms with van der Waals surface area (Å²) in [4.78, 5) is 39.3. The number of nitrogens with zero attached hydrogens (tertiary/aromatic N) is 1. The van der Waals surface area contributed by atoms with Crippen LogP contribution in [0.2, 0.25) is 0 Å². The Kier molecular flexibility index (Phi) is 5.68. The van der Waals surface area contributed by atoms with Gasteiger partial charge in [-0.2, -0.15) is 0 Å². The Morgan fingerprint density at radius 2 is 1.63 bits per heavy atom. The number of methoxy groups -OCH3 is 3.